The number of hydrogen-bond acceptors (Lipinski definition) is 4. The van der Waals surface area contributed by atoms with Crippen LogP contribution in [0.3, 0.4) is 0 Å². The molecule has 0 heterocycles. The van der Waals surface area contributed by atoms with Crippen molar-refractivity contribution in [2.75, 3.05) is 0 Å². The summed E-state index contributed by atoms with van der Waals surface area (Å²) in [6.45, 7) is 15.6. The van der Waals surface area contributed by atoms with Crippen LogP contribution in [0.5, 0.6) is 0 Å². The van der Waals surface area contributed by atoms with Crippen molar-refractivity contribution in [2.45, 2.75) is 97.7 Å². The molecule has 0 bridgehead atoms. The maximum atomic E-state index is 14.0. The third-order valence-corrected chi connectivity index (χ3v) is 6.67. The van der Waals surface area contributed by atoms with Crippen LogP contribution in [-0.2, 0) is 24.5 Å². The molecule has 0 saturated heterocycles. The zero-order valence-corrected chi connectivity index (χ0v) is 22.7. The Kier molecular flexibility index (Phi) is 7.83. The standard InChI is InChI=1S/C31H42O4/c1-9-15-25(27(32)34-29(3,4)5)31(26(16-10-2)28(33)35-30(6,7)8)23-19-13-11-17-21(23)22-18-12-14-20-24(22)31/h11-14,17-20,25-26H,9-10,15-16H2,1-8H3. The maximum absolute atomic E-state index is 14.0. The van der Waals surface area contributed by atoms with Gasteiger partial charge in [0.15, 0.2) is 0 Å². The van der Waals surface area contributed by atoms with E-state index in [9.17, 15) is 9.59 Å². The average molecular weight is 479 g/mol. The summed E-state index contributed by atoms with van der Waals surface area (Å²) in [4.78, 5) is 28.0. The summed E-state index contributed by atoms with van der Waals surface area (Å²) in [5.41, 5.74) is 2.07. The molecule has 0 aliphatic heterocycles. The summed E-state index contributed by atoms with van der Waals surface area (Å²) >= 11 is 0. The van der Waals surface area contributed by atoms with Gasteiger partial charge in [0.05, 0.1) is 11.8 Å². The topological polar surface area (TPSA) is 52.6 Å². The average Bonchev–Trinajstić information content (AvgIpc) is 3.04. The molecule has 0 aromatic heterocycles. The van der Waals surface area contributed by atoms with E-state index in [2.05, 4.69) is 38.1 Å². The van der Waals surface area contributed by atoms with Crippen LogP contribution < -0.4 is 0 Å². The van der Waals surface area contributed by atoms with Gasteiger partial charge in [-0.15, -0.1) is 0 Å². The predicted molar refractivity (Wildman–Crippen MR) is 141 cm³/mol. The highest BCUT2D eigenvalue weighted by Crippen LogP contribution is 2.59. The van der Waals surface area contributed by atoms with Gasteiger partial charge in [-0.1, -0.05) is 75.2 Å². The van der Waals surface area contributed by atoms with E-state index in [0.29, 0.717) is 12.8 Å². The summed E-state index contributed by atoms with van der Waals surface area (Å²) in [5, 5.41) is 0. The Bertz CT molecular complexity index is 969. The molecule has 3 rings (SSSR count). The number of carbonyl (C=O) groups excluding carboxylic acids is 2. The van der Waals surface area contributed by atoms with Crippen molar-refractivity contribution in [3.05, 3.63) is 59.7 Å². The number of carbonyl (C=O) groups is 2. The number of fused-ring (bicyclic) bond motifs is 3. The van der Waals surface area contributed by atoms with Gasteiger partial charge in [-0.2, -0.15) is 0 Å². The molecule has 0 fully saturated rings. The normalized spacial score (nSPS) is 16.1. The van der Waals surface area contributed by atoms with Gasteiger partial charge < -0.3 is 9.47 Å². The van der Waals surface area contributed by atoms with Crippen molar-refractivity contribution >= 4 is 11.9 Å². The fourth-order valence-corrected chi connectivity index (χ4v) is 5.68. The minimum Gasteiger partial charge on any atom is -0.460 e. The highest BCUT2D eigenvalue weighted by atomic mass is 16.6. The molecule has 1 aliphatic rings. The molecule has 0 radical (unpaired) electrons. The van der Waals surface area contributed by atoms with Crippen LogP contribution in [0.1, 0.15) is 92.2 Å². The summed E-state index contributed by atoms with van der Waals surface area (Å²) in [6, 6.07) is 16.5. The largest absolute Gasteiger partial charge is 0.460 e. The minimum atomic E-state index is -0.871. The second-order valence-corrected chi connectivity index (χ2v) is 11.7. The third-order valence-electron chi connectivity index (χ3n) is 6.67. The van der Waals surface area contributed by atoms with Gasteiger partial charge in [0, 0.05) is 5.41 Å². The molecule has 0 spiro atoms. The number of ether oxygens (including phenoxy) is 2. The molecule has 4 heteroatoms. The van der Waals surface area contributed by atoms with Crippen molar-refractivity contribution in [3.8, 4) is 11.1 Å². The number of hydrogen-bond donors (Lipinski definition) is 0. The van der Waals surface area contributed by atoms with Crippen LogP contribution >= 0.6 is 0 Å². The van der Waals surface area contributed by atoms with Gasteiger partial charge in [0.2, 0.25) is 0 Å². The third kappa shape index (κ3) is 5.32. The molecule has 190 valence electrons. The second kappa shape index (κ2) is 10.2. The lowest BCUT2D eigenvalue weighted by Gasteiger charge is -2.44. The van der Waals surface area contributed by atoms with Crippen LogP contribution in [0, 0.1) is 11.8 Å². The quantitative estimate of drug-likeness (QED) is 0.369. The van der Waals surface area contributed by atoms with Crippen molar-refractivity contribution < 1.29 is 19.1 Å². The summed E-state index contributed by atoms with van der Waals surface area (Å²) in [5.74, 6) is -1.56. The van der Waals surface area contributed by atoms with E-state index >= 15 is 0 Å². The molecule has 35 heavy (non-hydrogen) atoms. The second-order valence-electron chi connectivity index (χ2n) is 11.7. The molecule has 1 aliphatic carbocycles. The SMILES string of the molecule is CCCC(C(=O)OC(C)(C)C)C1(C(CCC)C(=O)OC(C)(C)C)c2ccccc2-c2ccccc21. The van der Waals surface area contributed by atoms with E-state index in [0.717, 1.165) is 35.1 Å². The molecule has 4 nitrogen and oxygen atoms in total. The van der Waals surface area contributed by atoms with E-state index in [4.69, 9.17) is 9.47 Å². The summed E-state index contributed by atoms with van der Waals surface area (Å²) in [7, 11) is 0. The van der Waals surface area contributed by atoms with Crippen molar-refractivity contribution in [1.82, 2.24) is 0 Å². The van der Waals surface area contributed by atoms with Gasteiger partial charge >= 0.3 is 11.9 Å². The molecule has 0 saturated carbocycles. The smallest absolute Gasteiger partial charge is 0.310 e. The first-order valence-corrected chi connectivity index (χ1v) is 13.0. The first-order valence-electron chi connectivity index (χ1n) is 13.0. The lowest BCUT2D eigenvalue weighted by Crippen LogP contribution is -2.51. The molecule has 0 N–H and O–H groups in total. The molecule has 2 aromatic rings. The molecule has 0 amide bonds. The molecule has 2 aromatic carbocycles. The number of esters is 2. The van der Waals surface area contributed by atoms with E-state index < -0.39 is 28.5 Å². The molecular weight excluding hydrogens is 436 g/mol. The highest BCUT2D eigenvalue weighted by molar-refractivity contribution is 5.90. The fraction of sp³-hybridized carbons (Fsp3) is 0.548. The lowest BCUT2D eigenvalue weighted by molar-refractivity contribution is -0.169. The Morgan fingerprint density at radius 1 is 0.686 bits per heavy atom. The minimum absolute atomic E-state index is 0.254. The van der Waals surface area contributed by atoms with Crippen LogP contribution in [0.15, 0.2) is 48.5 Å². The van der Waals surface area contributed by atoms with Crippen LogP contribution in [0.4, 0.5) is 0 Å². The Hall–Kier alpha value is -2.62. The Balaban J connectivity index is 2.39. The van der Waals surface area contributed by atoms with E-state index in [1.807, 2.05) is 65.8 Å². The summed E-state index contributed by atoms with van der Waals surface area (Å²) in [6.07, 6.45) is 2.81. The molecule has 2 atom stereocenters. The Morgan fingerprint density at radius 2 is 1.03 bits per heavy atom. The lowest BCUT2D eigenvalue weighted by atomic mass is 9.58. The monoisotopic (exact) mass is 478 g/mol. The Morgan fingerprint density at radius 3 is 1.34 bits per heavy atom. The van der Waals surface area contributed by atoms with E-state index in [1.165, 1.54) is 0 Å². The van der Waals surface area contributed by atoms with Crippen LogP contribution in [-0.4, -0.2) is 23.1 Å². The van der Waals surface area contributed by atoms with Crippen LogP contribution in [0.25, 0.3) is 11.1 Å². The number of rotatable bonds is 8. The number of benzene rings is 2. The Labute approximate surface area is 211 Å². The maximum Gasteiger partial charge on any atom is 0.310 e. The van der Waals surface area contributed by atoms with E-state index in [-0.39, 0.29) is 11.9 Å². The highest BCUT2D eigenvalue weighted by Gasteiger charge is 2.58. The van der Waals surface area contributed by atoms with Gasteiger partial charge in [-0.3, -0.25) is 9.59 Å². The fourth-order valence-electron chi connectivity index (χ4n) is 5.68. The predicted octanol–water partition coefficient (Wildman–Crippen LogP) is 7.47. The summed E-state index contributed by atoms with van der Waals surface area (Å²) < 4.78 is 12.1. The first-order chi connectivity index (χ1) is 16.4. The molecule has 2 unspecified atom stereocenters. The van der Waals surface area contributed by atoms with Gasteiger partial charge in [0.1, 0.15) is 11.2 Å². The zero-order valence-electron chi connectivity index (χ0n) is 22.7. The van der Waals surface area contributed by atoms with Crippen molar-refractivity contribution in [3.63, 3.8) is 0 Å². The first kappa shape index (κ1) is 27.0. The van der Waals surface area contributed by atoms with Gasteiger partial charge in [0.25, 0.3) is 0 Å². The van der Waals surface area contributed by atoms with Gasteiger partial charge in [-0.05, 0) is 76.6 Å². The van der Waals surface area contributed by atoms with Crippen LogP contribution in [0.2, 0.25) is 0 Å². The van der Waals surface area contributed by atoms with Crippen molar-refractivity contribution in [1.29, 1.82) is 0 Å². The van der Waals surface area contributed by atoms with E-state index in [1.54, 1.807) is 0 Å². The van der Waals surface area contributed by atoms with Crippen molar-refractivity contribution in [2.24, 2.45) is 11.8 Å². The van der Waals surface area contributed by atoms with Gasteiger partial charge in [-0.25, -0.2) is 0 Å². The molecular formula is C31H42O4. The zero-order chi connectivity index (χ0) is 26.0.